The number of hydrogen-bond donors (Lipinski definition) is 3. The summed E-state index contributed by atoms with van der Waals surface area (Å²) < 4.78 is 0. The van der Waals surface area contributed by atoms with Gasteiger partial charge in [-0.1, -0.05) is 25.0 Å². The van der Waals surface area contributed by atoms with Gasteiger partial charge in [-0.25, -0.2) is 0 Å². The van der Waals surface area contributed by atoms with Crippen molar-refractivity contribution in [3.05, 3.63) is 29.8 Å². The zero-order valence-corrected chi connectivity index (χ0v) is 10.6. The number of rotatable bonds is 3. The summed E-state index contributed by atoms with van der Waals surface area (Å²) in [5.74, 6) is -1.63. The molecule has 2 rings (SSSR count). The number of carbonyl (C=O) groups is 2. The van der Waals surface area contributed by atoms with Gasteiger partial charge in [-0.2, -0.15) is 0 Å². The summed E-state index contributed by atoms with van der Waals surface area (Å²) in [6, 6.07) is 6.49. The highest BCUT2D eigenvalue weighted by Gasteiger charge is 2.32. The van der Waals surface area contributed by atoms with E-state index in [1.165, 1.54) is 0 Å². The Morgan fingerprint density at radius 1 is 1.21 bits per heavy atom. The number of carboxylic acids is 1. The van der Waals surface area contributed by atoms with E-state index in [-0.39, 0.29) is 11.9 Å². The predicted octanol–water partition coefficient (Wildman–Crippen LogP) is 1.64. The van der Waals surface area contributed by atoms with Crippen LogP contribution in [0.1, 0.15) is 36.0 Å². The van der Waals surface area contributed by atoms with Crippen LogP contribution in [0.3, 0.4) is 0 Å². The maximum atomic E-state index is 12.1. The van der Waals surface area contributed by atoms with Gasteiger partial charge in [0.05, 0.1) is 11.5 Å². The van der Waals surface area contributed by atoms with Crippen molar-refractivity contribution in [2.45, 2.75) is 31.7 Å². The maximum absolute atomic E-state index is 12.1. The Labute approximate surface area is 111 Å². The number of amides is 1. The van der Waals surface area contributed by atoms with Gasteiger partial charge < -0.3 is 16.2 Å². The molecule has 5 nitrogen and oxygen atoms in total. The van der Waals surface area contributed by atoms with Gasteiger partial charge >= 0.3 is 5.97 Å². The van der Waals surface area contributed by atoms with E-state index in [4.69, 9.17) is 5.73 Å². The fourth-order valence-electron chi connectivity index (χ4n) is 2.55. The highest BCUT2D eigenvalue weighted by Crippen LogP contribution is 2.25. The standard InChI is InChI=1S/C14H18N2O3/c15-11-7-3-1-5-9(11)13(17)16-12-8-4-2-6-10(12)14(18)19/h1,3,5,7,10,12H,2,4,6,8,15H2,(H,16,17)(H,18,19). The van der Waals surface area contributed by atoms with Gasteiger partial charge in [0.25, 0.3) is 5.91 Å². The summed E-state index contributed by atoms with van der Waals surface area (Å²) in [6.07, 6.45) is 3.16. The van der Waals surface area contributed by atoms with Gasteiger partial charge in [0, 0.05) is 11.7 Å². The van der Waals surface area contributed by atoms with E-state index >= 15 is 0 Å². The van der Waals surface area contributed by atoms with Gasteiger partial charge in [0.1, 0.15) is 0 Å². The molecule has 1 aliphatic carbocycles. The lowest BCUT2D eigenvalue weighted by Gasteiger charge is -2.29. The topological polar surface area (TPSA) is 92.4 Å². The molecule has 1 aromatic rings. The Morgan fingerprint density at radius 3 is 2.58 bits per heavy atom. The molecule has 5 heteroatoms. The van der Waals surface area contributed by atoms with Gasteiger partial charge in [-0.15, -0.1) is 0 Å². The van der Waals surface area contributed by atoms with Crippen LogP contribution in [0.4, 0.5) is 5.69 Å². The van der Waals surface area contributed by atoms with Crippen LogP contribution in [0, 0.1) is 5.92 Å². The number of nitrogens with one attached hydrogen (secondary N) is 1. The normalized spacial score (nSPS) is 22.7. The zero-order chi connectivity index (χ0) is 13.8. The molecule has 19 heavy (non-hydrogen) atoms. The Balaban J connectivity index is 2.09. The van der Waals surface area contributed by atoms with Crippen LogP contribution in [0.15, 0.2) is 24.3 Å². The average molecular weight is 262 g/mol. The van der Waals surface area contributed by atoms with Crippen molar-refractivity contribution < 1.29 is 14.7 Å². The number of aliphatic carboxylic acids is 1. The molecule has 0 bridgehead atoms. The molecule has 102 valence electrons. The number of hydrogen-bond acceptors (Lipinski definition) is 3. The molecular weight excluding hydrogens is 244 g/mol. The lowest BCUT2D eigenvalue weighted by molar-refractivity contribution is -0.143. The number of carbonyl (C=O) groups excluding carboxylic acids is 1. The van der Waals surface area contributed by atoms with E-state index in [1.54, 1.807) is 24.3 Å². The molecule has 0 aromatic heterocycles. The Hall–Kier alpha value is -2.04. The molecular formula is C14H18N2O3. The molecule has 2 atom stereocenters. The first-order valence-corrected chi connectivity index (χ1v) is 6.48. The molecule has 0 spiro atoms. The van der Waals surface area contributed by atoms with Crippen LogP contribution in [-0.2, 0) is 4.79 Å². The van der Waals surface area contributed by atoms with E-state index in [2.05, 4.69) is 5.32 Å². The summed E-state index contributed by atoms with van der Waals surface area (Å²) in [7, 11) is 0. The van der Waals surface area contributed by atoms with Crippen molar-refractivity contribution >= 4 is 17.6 Å². The minimum atomic E-state index is -0.842. The van der Waals surface area contributed by atoms with E-state index < -0.39 is 11.9 Å². The zero-order valence-electron chi connectivity index (χ0n) is 10.6. The molecule has 1 fully saturated rings. The smallest absolute Gasteiger partial charge is 0.308 e. The molecule has 0 heterocycles. The van der Waals surface area contributed by atoms with Gasteiger partial charge in [-0.3, -0.25) is 9.59 Å². The average Bonchev–Trinajstić information content (AvgIpc) is 2.39. The molecule has 0 saturated heterocycles. The highest BCUT2D eigenvalue weighted by molar-refractivity contribution is 5.99. The molecule has 1 saturated carbocycles. The number of para-hydroxylation sites is 1. The molecule has 0 aliphatic heterocycles. The first-order chi connectivity index (χ1) is 9.09. The number of nitrogen functional groups attached to an aromatic ring is 1. The number of carboxylic acid groups (broad SMARTS) is 1. The summed E-state index contributed by atoms with van der Waals surface area (Å²) in [5, 5.41) is 12.0. The van der Waals surface area contributed by atoms with Crippen LogP contribution in [-0.4, -0.2) is 23.0 Å². The quantitative estimate of drug-likeness (QED) is 0.722. The summed E-state index contributed by atoms with van der Waals surface area (Å²) in [6.45, 7) is 0. The first-order valence-electron chi connectivity index (χ1n) is 6.48. The van der Waals surface area contributed by atoms with Crippen LogP contribution >= 0.6 is 0 Å². The highest BCUT2D eigenvalue weighted by atomic mass is 16.4. The molecule has 2 unspecified atom stereocenters. The van der Waals surface area contributed by atoms with Gasteiger partial charge in [0.15, 0.2) is 0 Å². The fourth-order valence-corrected chi connectivity index (χ4v) is 2.55. The minimum absolute atomic E-state index is 0.295. The minimum Gasteiger partial charge on any atom is -0.481 e. The number of anilines is 1. The van der Waals surface area contributed by atoms with Crippen LogP contribution < -0.4 is 11.1 Å². The summed E-state index contributed by atoms with van der Waals surface area (Å²) >= 11 is 0. The fraction of sp³-hybridized carbons (Fsp3) is 0.429. The second-order valence-corrected chi connectivity index (χ2v) is 4.90. The van der Waals surface area contributed by atoms with Crippen molar-refractivity contribution in [1.82, 2.24) is 5.32 Å². The lowest BCUT2D eigenvalue weighted by atomic mass is 9.84. The number of benzene rings is 1. The van der Waals surface area contributed by atoms with E-state index in [9.17, 15) is 14.7 Å². The monoisotopic (exact) mass is 262 g/mol. The Bertz CT molecular complexity index is 487. The van der Waals surface area contributed by atoms with Crippen LogP contribution in [0.5, 0.6) is 0 Å². The molecule has 1 aliphatic rings. The third-order valence-corrected chi connectivity index (χ3v) is 3.61. The van der Waals surface area contributed by atoms with Gasteiger partial charge in [-0.05, 0) is 25.0 Å². The molecule has 4 N–H and O–H groups in total. The summed E-state index contributed by atoms with van der Waals surface area (Å²) in [5.41, 5.74) is 6.55. The predicted molar refractivity (Wildman–Crippen MR) is 71.7 cm³/mol. The Kier molecular flexibility index (Phi) is 4.04. The Morgan fingerprint density at radius 2 is 1.89 bits per heavy atom. The first kappa shape index (κ1) is 13.4. The van der Waals surface area contributed by atoms with Gasteiger partial charge in [0.2, 0.25) is 0 Å². The molecule has 0 radical (unpaired) electrons. The molecule has 1 amide bonds. The second kappa shape index (κ2) is 5.73. The third-order valence-electron chi connectivity index (χ3n) is 3.61. The van der Waals surface area contributed by atoms with Crippen molar-refractivity contribution in [2.24, 2.45) is 5.92 Å². The summed E-state index contributed by atoms with van der Waals surface area (Å²) in [4.78, 5) is 23.3. The second-order valence-electron chi connectivity index (χ2n) is 4.90. The van der Waals surface area contributed by atoms with E-state index in [0.29, 0.717) is 24.1 Å². The van der Waals surface area contributed by atoms with Crippen LogP contribution in [0.25, 0.3) is 0 Å². The van der Waals surface area contributed by atoms with Crippen molar-refractivity contribution in [3.63, 3.8) is 0 Å². The van der Waals surface area contributed by atoms with E-state index in [0.717, 1.165) is 12.8 Å². The van der Waals surface area contributed by atoms with Crippen molar-refractivity contribution in [2.75, 3.05) is 5.73 Å². The van der Waals surface area contributed by atoms with E-state index in [1.807, 2.05) is 0 Å². The third kappa shape index (κ3) is 3.05. The maximum Gasteiger partial charge on any atom is 0.308 e. The molecule has 1 aromatic carbocycles. The SMILES string of the molecule is Nc1ccccc1C(=O)NC1CCCCC1C(=O)O. The lowest BCUT2D eigenvalue weighted by Crippen LogP contribution is -2.45. The van der Waals surface area contributed by atoms with Crippen molar-refractivity contribution in [1.29, 1.82) is 0 Å². The van der Waals surface area contributed by atoms with Crippen LogP contribution in [0.2, 0.25) is 0 Å². The number of nitrogens with two attached hydrogens (primary N) is 1. The van der Waals surface area contributed by atoms with Crippen molar-refractivity contribution in [3.8, 4) is 0 Å². The largest absolute Gasteiger partial charge is 0.481 e.